The summed E-state index contributed by atoms with van der Waals surface area (Å²) in [5.74, 6) is -0.931. The van der Waals surface area contributed by atoms with Gasteiger partial charge in [-0.1, -0.05) is 12.1 Å². The lowest BCUT2D eigenvalue weighted by Gasteiger charge is -2.24. The van der Waals surface area contributed by atoms with Gasteiger partial charge in [0.15, 0.2) is 5.13 Å². The molecule has 1 N–H and O–H groups in total. The third kappa shape index (κ3) is 2.39. The molecule has 0 unspecified atom stereocenters. The number of rotatable bonds is 3. The molecule has 0 aliphatic carbocycles. The first-order valence-electron chi connectivity index (χ1n) is 7.20. The van der Waals surface area contributed by atoms with Gasteiger partial charge in [0.25, 0.3) is 21.8 Å². The molecule has 2 aromatic carbocycles. The van der Waals surface area contributed by atoms with Crippen LogP contribution in [-0.2, 0) is 10.0 Å². The maximum Gasteiger partial charge on any atom is 0.263 e. The monoisotopic (exact) mass is 373 g/mol. The maximum atomic E-state index is 12.6. The Kier molecular flexibility index (Phi) is 3.37. The van der Waals surface area contributed by atoms with Crippen molar-refractivity contribution < 1.29 is 18.0 Å². The van der Waals surface area contributed by atoms with Gasteiger partial charge in [-0.3, -0.25) is 19.2 Å². The van der Waals surface area contributed by atoms with Gasteiger partial charge in [-0.05, 0) is 23.6 Å². The zero-order chi connectivity index (χ0) is 17.8. The van der Waals surface area contributed by atoms with E-state index in [0.29, 0.717) is 16.3 Å². The van der Waals surface area contributed by atoms with E-state index in [4.69, 9.17) is 0 Å². The van der Waals surface area contributed by atoms with Crippen LogP contribution in [0.5, 0.6) is 0 Å². The highest BCUT2D eigenvalue weighted by molar-refractivity contribution is 7.93. The van der Waals surface area contributed by atoms with Gasteiger partial charge >= 0.3 is 0 Å². The summed E-state index contributed by atoms with van der Waals surface area (Å²) in [5.41, 5.74) is 0.571. The Balaban J connectivity index is 1.95. The summed E-state index contributed by atoms with van der Waals surface area (Å²) in [6, 6.07) is 7.71. The van der Waals surface area contributed by atoms with Crippen LogP contribution in [0.25, 0.3) is 10.8 Å². The molecule has 3 aromatic rings. The molecule has 9 heteroatoms. The molecule has 0 saturated carbocycles. The molecule has 0 bridgehead atoms. The summed E-state index contributed by atoms with van der Waals surface area (Å²) in [6.45, 7) is 0. The molecular weight excluding hydrogens is 362 g/mol. The molecular formula is C16H11N3O4S2. The summed E-state index contributed by atoms with van der Waals surface area (Å²) in [5, 5.41) is 2.88. The molecule has 0 atom stereocenters. The third-order valence-corrected chi connectivity index (χ3v) is 6.12. The number of aromatic nitrogens is 1. The van der Waals surface area contributed by atoms with Crippen LogP contribution >= 0.6 is 11.3 Å². The molecule has 0 radical (unpaired) electrons. The average molecular weight is 373 g/mol. The molecule has 2 heterocycles. The maximum absolute atomic E-state index is 12.6. The number of sulfonamides is 1. The number of hydrogen-bond acceptors (Lipinski definition) is 6. The van der Waals surface area contributed by atoms with Crippen LogP contribution in [0, 0.1) is 0 Å². The van der Waals surface area contributed by atoms with Gasteiger partial charge in [0.2, 0.25) is 0 Å². The molecule has 1 aliphatic rings. The van der Waals surface area contributed by atoms with Crippen molar-refractivity contribution in [1.82, 2.24) is 9.88 Å². The number of amides is 2. The number of nitrogens with zero attached hydrogens (tertiary/aromatic N) is 2. The van der Waals surface area contributed by atoms with E-state index in [9.17, 15) is 18.0 Å². The average Bonchev–Trinajstić information content (AvgIpc) is 3.09. The number of nitrogens with one attached hydrogen (secondary N) is 1. The Morgan fingerprint density at radius 2 is 1.88 bits per heavy atom. The molecule has 1 aliphatic heterocycles. The van der Waals surface area contributed by atoms with Crippen molar-refractivity contribution in [3.8, 4) is 0 Å². The number of imide groups is 1. The predicted octanol–water partition coefficient (Wildman–Crippen LogP) is 2.32. The first-order valence-corrected chi connectivity index (χ1v) is 9.56. The third-order valence-electron chi connectivity index (χ3n) is 3.98. The fourth-order valence-electron chi connectivity index (χ4n) is 2.80. The quantitative estimate of drug-likeness (QED) is 0.711. The van der Waals surface area contributed by atoms with E-state index in [1.165, 1.54) is 25.4 Å². The van der Waals surface area contributed by atoms with Crippen molar-refractivity contribution >= 4 is 49.1 Å². The van der Waals surface area contributed by atoms with Gasteiger partial charge in [-0.25, -0.2) is 13.4 Å². The Hall–Kier alpha value is -2.78. The van der Waals surface area contributed by atoms with Gasteiger partial charge in [0.05, 0.1) is 4.90 Å². The second-order valence-electron chi connectivity index (χ2n) is 5.49. The Labute approximate surface area is 147 Å². The molecule has 7 nitrogen and oxygen atoms in total. The van der Waals surface area contributed by atoms with Gasteiger partial charge in [0, 0.05) is 35.1 Å². The molecule has 4 rings (SSSR count). The van der Waals surface area contributed by atoms with E-state index in [1.54, 1.807) is 23.6 Å². The molecule has 0 fully saturated rings. The molecule has 2 amide bonds. The minimum atomic E-state index is -3.91. The SMILES string of the molecule is CN1C(=O)c2cccc3cc(S(=O)(=O)Nc4nccs4)cc(c23)C1=O. The number of benzene rings is 2. The van der Waals surface area contributed by atoms with E-state index in [2.05, 4.69) is 9.71 Å². The van der Waals surface area contributed by atoms with Crippen molar-refractivity contribution in [3.05, 3.63) is 53.0 Å². The highest BCUT2D eigenvalue weighted by Crippen LogP contribution is 2.32. The van der Waals surface area contributed by atoms with Crippen LogP contribution in [0.4, 0.5) is 5.13 Å². The van der Waals surface area contributed by atoms with E-state index >= 15 is 0 Å². The van der Waals surface area contributed by atoms with Crippen molar-refractivity contribution in [3.63, 3.8) is 0 Å². The van der Waals surface area contributed by atoms with Crippen LogP contribution in [0.2, 0.25) is 0 Å². The van der Waals surface area contributed by atoms with Gasteiger partial charge in [0.1, 0.15) is 0 Å². The predicted molar refractivity (Wildman–Crippen MR) is 93.3 cm³/mol. The molecule has 0 saturated heterocycles. The van der Waals surface area contributed by atoms with Gasteiger partial charge in [-0.15, -0.1) is 11.3 Å². The minimum Gasteiger partial charge on any atom is -0.277 e. The smallest absolute Gasteiger partial charge is 0.263 e. The second kappa shape index (κ2) is 5.36. The normalized spacial score (nSPS) is 14.2. The zero-order valence-electron chi connectivity index (χ0n) is 12.9. The molecule has 0 spiro atoms. The lowest BCUT2D eigenvalue weighted by Crippen LogP contribution is -2.37. The highest BCUT2D eigenvalue weighted by atomic mass is 32.2. The topological polar surface area (TPSA) is 96.4 Å². The summed E-state index contributed by atoms with van der Waals surface area (Å²) in [4.78, 5) is 29.6. The number of anilines is 1. The first kappa shape index (κ1) is 15.7. The number of thiazole rings is 1. The number of hydrogen-bond donors (Lipinski definition) is 1. The summed E-state index contributed by atoms with van der Waals surface area (Å²) >= 11 is 1.15. The lowest BCUT2D eigenvalue weighted by molar-refractivity contribution is 0.0650. The van der Waals surface area contributed by atoms with Crippen LogP contribution in [0.15, 0.2) is 46.8 Å². The summed E-state index contributed by atoms with van der Waals surface area (Å²) in [7, 11) is -2.53. The van der Waals surface area contributed by atoms with Crippen LogP contribution in [0.3, 0.4) is 0 Å². The largest absolute Gasteiger partial charge is 0.277 e. The van der Waals surface area contributed by atoms with E-state index in [-0.39, 0.29) is 15.6 Å². The Morgan fingerprint density at radius 3 is 2.60 bits per heavy atom. The van der Waals surface area contributed by atoms with Gasteiger partial charge < -0.3 is 0 Å². The van der Waals surface area contributed by atoms with Crippen LogP contribution < -0.4 is 4.72 Å². The van der Waals surface area contributed by atoms with Crippen LogP contribution in [0.1, 0.15) is 20.7 Å². The van der Waals surface area contributed by atoms with Gasteiger partial charge in [-0.2, -0.15) is 0 Å². The first-order chi connectivity index (χ1) is 11.9. The minimum absolute atomic E-state index is 0.0570. The molecule has 25 heavy (non-hydrogen) atoms. The van der Waals surface area contributed by atoms with Crippen LogP contribution in [-0.4, -0.2) is 37.2 Å². The van der Waals surface area contributed by atoms with Crippen molar-refractivity contribution in [2.75, 3.05) is 11.8 Å². The number of carbonyl (C=O) groups excluding carboxylic acids is 2. The Bertz CT molecular complexity index is 1140. The fraction of sp³-hybridized carbons (Fsp3) is 0.0625. The highest BCUT2D eigenvalue weighted by Gasteiger charge is 2.31. The standard InChI is InChI=1S/C16H11N3O4S2/c1-19-14(20)11-4-2-3-9-7-10(8-12(13(9)11)15(19)21)25(22,23)18-16-17-5-6-24-16/h2-8H,1H3,(H,17,18). The van der Waals surface area contributed by atoms with Crippen molar-refractivity contribution in [2.24, 2.45) is 0 Å². The number of carbonyl (C=O) groups is 2. The molecule has 1 aromatic heterocycles. The van der Waals surface area contributed by atoms with E-state index < -0.39 is 21.8 Å². The van der Waals surface area contributed by atoms with E-state index in [0.717, 1.165) is 16.2 Å². The summed E-state index contributed by atoms with van der Waals surface area (Å²) < 4.78 is 27.6. The second-order valence-corrected chi connectivity index (χ2v) is 8.06. The Morgan fingerprint density at radius 1 is 1.12 bits per heavy atom. The van der Waals surface area contributed by atoms with E-state index in [1.807, 2.05) is 0 Å². The lowest BCUT2D eigenvalue weighted by atomic mass is 9.94. The molecule has 126 valence electrons. The van der Waals surface area contributed by atoms with Crippen molar-refractivity contribution in [1.29, 1.82) is 0 Å². The summed E-state index contributed by atoms with van der Waals surface area (Å²) in [6.07, 6.45) is 1.49. The van der Waals surface area contributed by atoms with Crippen molar-refractivity contribution in [2.45, 2.75) is 4.90 Å². The fourth-order valence-corrected chi connectivity index (χ4v) is 4.65. The zero-order valence-corrected chi connectivity index (χ0v) is 14.5.